The second-order valence-corrected chi connectivity index (χ2v) is 10.7. The van der Waals surface area contributed by atoms with Crippen LogP contribution in [0.5, 0.6) is 5.88 Å². The number of fused-ring (bicyclic) bond motifs is 1. The van der Waals surface area contributed by atoms with E-state index in [1.54, 1.807) is 0 Å². The summed E-state index contributed by atoms with van der Waals surface area (Å²) in [7, 11) is -4.13. The fraction of sp³-hybridized carbons (Fsp3) is 0. The summed E-state index contributed by atoms with van der Waals surface area (Å²) in [6.07, 6.45) is 0. The summed E-state index contributed by atoms with van der Waals surface area (Å²) in [5, 5.41) is 13.3. The van der Waals surface area contributed by atoms with E-state index < -0.39 is 33.3 Å². The zero-order valence-corrected chi connectivity index (χ0v) is 19.3. The average Bonchev–Trinajstić information content (AvgIpc) is 3.17. The van der Waals surface area contributed by atoms with Crippen LogP contribution in [0.25, 0.3) is 16.5 Å². The molecule has 0 atom stereocenters. The molecule has 0 saturated carbocycles. The van der Waals surface area contributed by atoms with Crippen LogP contribution in [-0.4, -0.2) is 24.1 Å². The number of nitrogens with zero attached hydrogens (tertiary/aromatic N) is 1. The van der Waals surface area contributed by atoms with Crippen LogP contribution < -0.4 is 15.6 Å². The normalized spacial score (nSPS) is 11.5. The second kappa shape index (κ2) is 8.67. The highest BCUT2D eigenvalue weighted by Gasteiger charge is 2.20. The first-order valence-electron chi connectivity index (χ1n) is 8.98. The number of benzene rings is 2. The van der Waals surface area contributed by atoms with Gasteiger partial charge in [0.1, 0.15) is 10.0 Å². The molecule has 2 aromatic heterocycles. The highest BCUT2D eigenvalue weighted by Crippen LogP contribution is 2.31. The SMILES string of the molecule is O=C(Nc1ccc(-n2c(O)c3cc(F)ccc3cc2=O)c(Cl)c1)NS(=O)(=O)c1ccc(Cl)s1. The van der Waals surface area contributed by atoms with Crippen molar-refractivity contribution in [2.24, 2.45) is 0 Å². The summed E-state index contributed by atoms with van der Waals surface area (Å²) >= 11 is 12.8. The number of amides is 2. The summed E-state index contributed by atoms with van der Waals surface area (Å²) < 4.78 is 40.9. The fourth-order valence-corrected chi connectivity index (χ4v) is 5.70. The van der Waals surface area contributed by atoms with Crippen LogP contribution in [-0.2, 0) is 10.0 Å². The molecule has 2 aromatic carbocycles. The molecule has 170 valence electrons. The Morgan fingerprint density at radius 3 is 2.48 bits per heavy atom. The first kappa shape index (κ1) is 23.1. The number of carbonyl (C=O) groups is 1. The molecule has 3 N–H and O–H groups in total. The predicted molar refractivity (Wildman–Crippen MR) is 125 cm³/mol. The third-order valence-electron chi connectivity index (χ3n) is 4.45. The standard InChI is InChI=1S/C20H12Cl2FN3O5S2/c21-14-9-12(24-20(29)25-33(30,31)18-6-5-16(22)32-18)3-4-15(14)26-17(27)7-10-1-2-11(23)8-13(10)19(26)28/h1-9,28H,(H2,24,25,29). The molecule has 0 aliphatic heterocycles. The number of hydrogen-bond donors (Lipinski definition) is 3. The van der Waals surface area contributed by atoms with Crippen molar-refractivity contribution in [3.05, 3.63) is 80.1 Å². The van der Waals surface area contributed by atoms with Gasteiger partial charge in [0.15, 0.2) is 0 Å². The van der Waals surface area contributed by atoms with Crippen molar-refractivity contribution in [3.8, 4) is 11.6 Å². The molecule has 4 rings (SSSR count). The van der Waals surface area contributed by atoms with Gasteiger partial charge in [0.05, 0.1) is 15.0 Å². The molecule has 0 bridgehead atoms. The summed E-state index contributed by atoms with van der Waals surface area (Å²) in [5.74, 6) is -1.11. The molecular formula is C20H12Cl2FN3O5S2. The number of hydrogen-bond acceptors (Lipinski definition) is 6. The van der Waals surface area contributed by atoms with Crippen LogP contribution in [0.1, 0.15) is 0 Å². The van der Waals surface area contributed by atoms with Crippen molar-refractivity contribution in [2.75, 3.05) is 5.32 Å². The van der Waals surface area contributed by atoms with Crippen LogP contribution in [0.2, 0.25) is 9.36 Å². The van der Waals surface area contributed by atoms with Gasteiger partial charge in [-0.05, 0) is 47.9 Å². The van der Waals surface area contributed by atoms with Gasteiger partial charge in [-0.1, -0.05) is 29.3 Å². The number of pyridine rings is 1. The average molecular weight is 528 g/mol. The molecule has 4 aromatic rings. The number of rotatable bonds is 4. The number of nitrogens with one attached hydrogen (secondary N) is 2. The van der Waals surface area contributed by atoms with Gasteiger partial charge >= 0.3 is 6.03 Å². The maximum atomic E-state index is 13.6. The maximum absolute atomic E-state index is 13.6. The largest absolute Gasteiger partial charge is 0.494 e. The quantitative estimate of drug-likeness (QED) is 0.355. The van der Waals surface area contributed by atoms with Crippen LogP contribution in [0, 0.1) is 5.82 Å². The summed E-state index contributed by atoms with van der Waals surface area (Å²) in [5.41, 5.74) is -0.440. The minimum absolute atomic E-state index is 0.0474. The van der Waals surface area contributed by atoms with Crippen molar-refractivity contribution < 1.29 is 22.7 Å². The number of halogens is 3. The zero-order chi connectivity index (χ0) is 23.9. The highest BCUT2D eigenvalue weighted by molar-refractivity contribution is 7.92. The van der Waals surface area contributed by atoms with Crippen molar-refractivity contribution in [3.63, 3.8) is 0 Å². The Kier molecular flexibility index (Phi) is 6.06. The topological polar surface area (TPSA) is 118 Å². The summed E-state index contributed by atoms with van der Waals surface area (Å²) in [6.45, 7) is 0. The number of aromatic hydroxyl groups is 1. The van der Waals surface area contributed by atoms with Gasteiger partial charge in [0.2, 0.25) is 5.88 Å². The van der Waals surface area contributed by atoms with E-state index in [9.17, 15) is 27.5 Å². The predicted octanol–water partition coefficient (Wildman–Crippen LogP) is 4.71. The molecular weight excluding hydrogens is 516 g/mol. The molecule has 2 heterocycles. The Labute approximate surface area is 199 Å². The monoisotopic (exact) mass is 527 g/mol. The third kappa shape index (κ3) is 4.67. The lowest BCUT2D eigenvalue weighted by atomic mass is 10.1. The van der Waals surface area contributed by atoms with Crippen molar-refractivity contribution >= 4 is 67.1 Å². The first-order chi connectivity index (χ1) is 15.5. The molecule has 0 aliphatic carbocycles. The van der Waals surface area contributed by atoms with Crippen molar-refractivity contribution in [1.29, 1.82) is 0 Å². The van der Waals surface area contributed by atoms with E-state index in [0.29, 0.717) is 5.39 Å². The second-order valence-electron chi connectivity index (χ2n) is 6.66. The van der Waals surface area contributed by atoms with Gasteiger partial charge in [-0.2, -0.15) is 0 Å². The van der Waals surface area contributed by atoms with Gasteiger partial charge in [-0.25, -0.2) is 26.9 Å². The Morgan fingerprint density at radius 1 is 1.06 bits per heavy atom. The molecule has 0 radical (unpaired) electrons. The number of aromatic nitrogens is 1. The van der Waals surface area contributed by atoms with E-state index in [0.717, 1.165) is 28.0 Å². The van der Waals surface area contributed by atoms with Crippen molar-refractivity contribution in [2.45, 2.75) is 4.21 Å². The lowest BCUT2D eigenvalue weighted by Gasteiger charge is -2.14. The Morgan fingerprint density at radius 2 is 1.82 bits per heavy atom. The molecule has 0 aliphatic rings. The van der Waals surface area contributed by atoms with Crippen LogP contribution in [0.15, 0.2) is 63.6 Å². The van der Waals surface area contributed by atoms with Crippen molar-refractivity contribution in [1.82, 2.24) is 9.29 Å². The fourth-order valence-electron chi connectivity index (χ4n) is 3.04. The molecule has 8 nitrogen and oxygen atoms in total. The van der Waals surface area contributed by atoms with Crippen LogP contribution in [0.3, 0.4) is 0 Å². The summed E-state index contributed by atoms with van der Waals surface area (Å²) in [4.78, 5) is 24.7. The first-order valence-corrected chi connectivity index (χ1v) is 12.0. The summed E-state index contributed by atoms with van der Waals surface area (Å²) in [6, 6.07) is 10.3. The van der Waals surface area contributed by atoms with Crippen LogP contribution in [0.4, 0.5) is 14.9 Å². The molecule has 2 amide bonds. The zero-order valence-electron chi connectivity index (χ0n) is 16.2. The molecule has 0 spiro atoms. The molecule has 33 heavy (non-hydrogen) atoms. The number of thiophene rings is 1. The molecule has 0 fully saturated rings. The third-order valence-corrected chi connectivity index (χ3v) is 7.81. The number of carbonyl (C=O) groups excluding carboxylic acids is 1. The number of anilines is 1. The minimum Gasteiger partial charge on any atom is -0.494 e. The van der Waals surface area contributed by atoms with Gasteiger partial charge < -0.3 is 10.4 Å². The smallest absolute Gasteiger partial charge is 0.333 e. The lowest BCUT2D eigenvalue weighted by molar-refractivity contribution is 0.256. The minimum atomic E-state index is -4.13. The van der Waals surface area contributed by atoms with Gasteiger partial charge in [0, 0.05) is 17.1 Å². The van der Waals surface area contributed by atoms with E-state index in [-0.39, 0.29) is 30.3 Å². The molecule has 0 unspecified atom stereocenters. The lowest BCUT2D eigenvalue weighted by Crippen LogP contribution is -2.33. The van der Waals surface area contributed by atoms with Crippen LogP contribution >= 0.6 is 34.5 Å². The number of sulfonamides is 1. The van der Waals surface area contributed by atoms with Gasteiger partial charge in [-0.15, -0.1) is 11.3 Å². The van der Waals surface area contributed by atoms with E-state index in [2.05, 4.69) is 5.32 Å². The molecule has 13 heteroatoms. The Bertz CT molecular complexity index is 1580. The Hall–Kier alpha value is -3.12. The Balaban J connectivity index is 1.62. The van der Waals surface area contributed by atoms with E-state index in [4.69, 9.17) is 23.2 Å². The molecule has 0 saturated heterocycles. The van der Waals surface area contributed by atoms with Gasteiger partial charge in [-0.3, -0.25) is 4.79 Å². The highest BCUT2D eigenvalue weighted by atomic mass is 35.5. The van der Waals surface area contributed by atoms with E-state index in [1.807, 2.05) is 4.72 Å². The van der Waals surface area contributed by atoms with E-state index >= 15 is 0 Å². The van der Waals surface area contributed by atoms with Gasteiger partial charge in [0.25, 0.3) is 15.6 Å². The number of urea groups is 1. The maximum Gasteiger partial charge on any atom is 0.333 e. The van der Waals surface area contributed by atoms with E-state index in [1.165, 1.54) is 42.5 Å².